The van der Waals surface area contributed by atoms with Crippen LogP contribution >= 0.6 is 12.4 Å². The van der Waals surface area contributed by atoms with Gasteiger partial charge in [-0.2, -0.15) is 0 Å². The SMILES string of the molecule is CCOC(CNC(CC)c1ccc(OC)cc1)OCC.Cl. The van der Waals surface area contributed by atoms with Gasteiger partial charge >= 0.3 is 0 Å². The lowest BCUT2D eigenvalue weighted by molar-refractivity contribution is -0.133. The van der Waals surface area contributed by atoms with E-state index in [1.807, 2.05) is 26.0 Å². The van der Waals surface area contributed by atoms with Crippen LogP contribution in [0.1, 0.15) is 38.8 Å². The van der Waals surface area contributed by atoms with Gasteiger partial charge in [0.05, 0.1) is 7.11 Å². The maximum Gasteiger partial charge on any atom is 0.169 e. The minimum Gasteiger partial charge on any atom is -0.497 e. The number of benzene rings is 1. The minimum absolute atomic E-state index is 0. The Hall–Kier alpha value is -0.810. The van der Waals surface area contributed by atoms with E-state index in [-0.39, 0.29) is 18.7 Å². The molecule has 1 aromatic rings. The van der Waals surface area contributed by atoms with E-state index in [4.69, 9.17) is 14.2 Å². The molecular weight excluding hydrogens is 290 g/mol. The number of rotatable bonds is 10. The van der Waals surface area contributed by atoms with Crippen molar-refractivity contribution in [2.24, 2.45) is 0 Å². The summed E-state index contributed by atoms with van der Waals surface area (Å²) in [7, 11) is 1.68. The Labute approximate surface area is 134 Å². The van der Waals surface area contributed by atoms with E-state index in [9.17, 15) is 0 Å². The Morgan fingerprint density at radius 3 is 2.00 bits per heavy atom. The highest BCUT2D eigenvalue weighted by atomic mass is 35.5. The van der Waals surface area contributed by atoms with E-state index in [0.717, 1.165) is 12.2 Å². The molecule has 1 N–H and O–H groups in total. The average Bonchev–Trinajstić information content (AvgIpc) is 2.49. The van der Waals surface area contributed by atoms with Crippen molar-refractivity contribution in [1.82, 2.24) is 5.32 Å². The van der Waals surface area contributed by atoms with Gasteiger partial charge < -0.3 is 19.5 Å². The maximum atomic E-state index is 5.54. The molecule has 0 saturated carbocycles. The first-order valence-electron chi connectivity index (χ1n) is 7.35. The van der Waals surface area contributed by atoms with Gasteiger partial charge in [0.25, 0.3) is 0 Å². The van der Waals surface area contributed by atoms with Crippen LogP contribution in [0.5, 0.6) is 5.75 Å². The second-order valence-corrected chi connectivity index (χ2v) is 4.48. The van der Waals surface area contributed by atoms with Crippen molar-refractivity contribution in [2.75, 3.05) is 26.9 Å². The number of ether oxygens (including phenoxy) is 3. The van der Waals surface area contributed by atoms with Crippen LogP contribution in [-0.4, -0.2) is 33.2 Å². The van der Waals surface area contributed by atoms with Crippen molar-refractivity contribution in [3.8, 4) is 5.75 Å². The Bertz CT molecular complexity index is 353. The molecular formula is C16H28ClNO3. The Balaban J connectivity index is 0.00000400. The predicted octanol–water partition coefficient (Wildman–Crippen LogP) is 3.56. The van der Waals surface area contributed by atoms with Crippen LogP contribution < -0.4 is 10.1 Å². The molecule has 1 atom stereocenters. The zero-order chi connectivity index (χ0) is 14.8. The normalized spacial score (nSPS) is 12.0. The van der Waals surface area contributed by atoms with Crippen molar-refractivity contribution < 1.29 is 14.2 Å². The lowest BCUT2D eigenvalue weighted by Gasteiger charge is -2.22. The molecule has 5 heteroatoms. The first kappa shape index (κ1) is 20.2. The summed E-state index contributed by atoms with van der Waals surface area (Å²) in [6.45, 7) is 8.13. The van der Waals surface area contributed by atoms with Gasteiger partial charge in [0.15, 0.2) is 6.29 Å². The van der Waals surface area contributed by atoms with E-state index >= 15 is 0 Å². The van der Waals surface area contributed by atoms with Gasteiger partial charge in [-0.3, -0.25) is 0 Å². The van der Waals surface area contributed by atoms with Gasteiger partial charge in [-0.25, -0.2) is 0 Å². The highest BCUT2D eigenvalue weighted by molar-refractivity contribution is 5.85. The van der Waals surface area contributed by atoms with Crippen molar-refractivity contribution >= 4 is 12.4 Å². The van der Waals surface area contributed by atoms with Gasteiger partial charge in [-0.05, 0) is 38.0 Å². The Morgan fingerprint density at radius 2 is 1.57 bits per heavy atom. The number of hydrogen-bond donors (Lipinski definition) is 1. The third-order valence-electron chi connectivity index (χ3n) is 3.16. The third-order valence-corrected chi connectivity index (χ3v) is 3.16. The van der Waals surface area contributed by atoms with E-state index in [1.165, 1.54) is 5.56 Å². The highest BCUT2D eigenvalue weighted by Gasteiger charge is 2.13. The zero-order valence-corrected chi connectivity index (χ0v) is 14.2. The van der Waals surface area contributed by atoms with Crippen molar-refractivity contribution in [1.29, 1.82) is 0 Å². The molecule has 21 heavy (non-hydrogen) atoms. The van der Waals surface area contributed by atoms with Crippen LogP contribution in [0.15, 0.2) is 24.3 Å². The van der Waals surface area contributed by atoms with E-state index in [0.29, 0.717) is 25.8 Å². The fourth-order valence-electron chi connectivity index (χ4n) is 2.11. The summed E-state index contributed by atoms with van der Waals surface area (Å²) in [6.07, 6.45) is 0.828. The van der Waals surface area contributed by atoms with E-state index in [1.54, 1.807) is 7.11 Å². The average molecular weight is 318 g/mol. The number of nitrogens with one attached hydrogen (secondary N) is 1. The Morgan fingerprint density at radius 1 is 1.00 bits per heavy atom. The molecule has 0 aliphatic rings. The van der Waals surface area contributed by atoms with Crippen molar-refractivity contribution in [3.05, 3.63) is 29.8 Å². The first-order chi connectivity index (χ1) is 9.74. The van der Waals surface area contributed by atoms with Crippen LogP contribution in [0.2, 0.25) is 0 Å². The maximum absolute atomic E-state index is 5.54. The number of hydrogen-bond acceptors (Lipinski definition) is 4. The molecule has 0 aromatic heterocycles. The molecule has 122 valence electrons. The smallest absolute Gasteiger partial charge is 0.169 e. The van der Waals surface area contributed by atoms with E-state index in [2.05, 4.69) is 24.4 Å². The summed E-state index contributed by atoms with van der Waals surface area (Å²) in [5, 5.41) is 3.50. The molecule has 4 nitrogen and oxygen atoms in total. The van der Waals surface area contributed by atoms with Crippen LogP contribution in [0, 0.1) is 0 Å². The topological polar surface area (TPSA) is 39.7 Å². The second kappa shape index (κ2) is 11.8. The summed E-state index contributed by atoms with van der Waals surface area (Å²) in [4.78, 5) is 0. The summed E-state index contributed by atoms with van der Waals surface area (Å²) in [5.41, 5.74) is 1.25. The molecule has 0 spiro atoms. The summed E-state index contributed by atoms with van der Waals surface area (Å²) >= 11 is 0. The van der Waals surface area contributed by atoms with Crippen LogP contribution in [0.3, 0.4) is 0 Å². The van der Waals surface area contributed by atoms with Gasteiger partial charge in [0.2, 0.25) is 0 Å². The zero-order valence-electron chi connectivity index (χ0n) is 13.4. The standard InChI is InChI=1S/C16H27NO3.ClH/c1-5-15(13-8-10-14(18-4)11-9-13)17-12-16(19-6-2)20-7-3;/h8-11,15-17H,5-7,12H2,1-4H3;1H. The summed E-state index contributed by atoms with van der Waals surface area (Å²) in [6, 6.07) is 8.46. The fraction of sp³-hybridized carbons (Fsp3) is 0.625. The number of halogens is 1. The van der Waals surface area contributed by atoms with Crippen molar-refractivity contribution in [3.63, 3.8) is 0 Å². The molecule has 0 aliphatic heterocycles. The Kier molecular flexibility index (Phi) is 11.4. The molecule has 0 aliphatic carbocycles. The monoisotopic (exact) mass is 317 g/mol. The van der Waals surface area contributed by atoms with Crippen LogP contribution in [0.25, 0.3) is 0 Å². The third kappa shape index (κ3) is 7.14. The van der Waals surface area contributed by atoms with Gasteiger partial charge in [-0.1, -0.05) is 19.1 Å². The molecule has 0 heterocycles. The quantitative estimate of drug-likeness (QED) is 0.670. The predicted molar refractivity (Wildman–Crippen MR) is 88.3 cm³/mol. The molecule has 0 bridgehead atoms. The molecule has 1 rings (SSSR count). The van der Waals surface area contributed by atoms with E-state index < -0.39 is 0 Å². The highest BCUT2D eigenvalue weighted by Crippen LogP contribution is 2.20. The number of methoxy groups -OCH3 is 1. The van der Waals surface area contributed by atoms with Crippen LogP contribution in [0.4, 0.5) is 0 Å². The van der Waals surface area contributed by atoms with Gasteiger partial charge in [-0.15, -0.1) is 12.4 Å². The largest absolute Gasteiger partial charge is 0.497 e. The van der Waals surface area contributed by atoms with Gasteiger partial charge in [0.1, 0.15) is 5.75 Å². The summed E-state index contributed by atoms with van der Waals surface area (Å²) in [5.74, 6) is 0.880. The molecule has 0 saturated heterocycles. The first-order valence-corrected chi connectivity index (χ1v) is 7.35. The van der Waals surface area contributed by atoms with Gasteiger partial charge in [0, 0.05) is 25.8 Å². The van der Waals surface area contributed by atoms with Crippen LogP contribution in [-0.2, 0) is 9.47 Å². The fourth-order valence-corrected chi connectivity index (χ4v) is 2.11. The molecule has 0 amide bonds. The lowest BCUT2D eigenvalue weighted by Crippen LogP contribution is -2.33. The summed E-state index contributed by atoms with van der Waals surface area (Å²) < 4.78 is 16.3. The molecule has 0 radical (unpaired) electrons. The molecule has 1 aromatic carbocycles. The minimum atomic E-state index is -0.183. The van der Waals surface area contributed by atoms with Crippen molar-refractivity contribution in [2.45, 2.75) is 39.5 Å². The molecule has 0 fully saturated rings. The lowest BCUT2D eigenvalue weighted by atomic mass is 10.0. The second-order valence-electron chi connectivity index (χ2n) is 4.48. The molecule has 1 unspecified atom stereocenters.